The number of allylic oxidation sites excluding steroid dienone is 1. The first-order chi connectivity index (χ1) is 10.5. The van der Waals surface area contributed by atoms with Gasteiger partial charge in [-0.25, -0.2) is 9.48 Å². The van der Waals surface area contributed by atoms with Gasteiger partial charge in [0, 0.05) is 13.3 Å². The Morgan fingerprint density at radius 1 is 1.36 bits per heavy atom. The van der Waals surface area contributed by atoms with Crippen molar-refractivity contribution in [3.8, 4) is 0 Å². The average Bonchev–Trinajstić information content (AvgIpc) is 2.85. The molecule has 1 rings (SSSR count). The van der Waals surface area contributed by atoms with Crippen LogP contribution >= 0.6 is 0 Å². The highest BCUT2D eigenvalue weighted by Gasteiger charge is 2.38. The first kappa shape index (κ1) is 18.6. The highest BCUT2D eigenvalue weighted by atomic mass is 16.4. The van der Waals surface area contributed by atoms with Crippen LogP contribution in [0.2, 0.25) is 0 Å². The summed E-state index contributed by atoms with van der Waals surface area (Å²) in [5.41, 5.74) is 6.01. The summed E-state index contributed by atoms with van der Waals surface area (Å²) in [5.74, 6) is -0.260. The fraction of sp³-hybridized carbons (Fsp3) is 0.647. The largest absolute Gasteiger partial charge is 0.544 e. The van der Waals surface area contributed by atoms with Crippen LogP contribution in [0, 0.1) is 0 Å². The Kier molecular flexibility index (Phi) is 8.06. The lowest BCUT2D eigenvalue weighted by molar-refractivity contribution is -0.808. The Balaban J connectivity index is 2.35. The van der Waals surface area contributed by atoms with E-state index in [9.17, 15) is 9.90 Å². The molecule has 1 aliphatic rings. The van der Waals surface area contributed by atoms with Crippen molar-refractivity contribution < 1.29 is 14.4 Å². The minimum Gasteiger partial charge on any atom is -0.544 e. The van der Waals surface area contributed by atoms with Crippen molar-refractivity contribution in [3.63, 3.8) is 0 Å². The Morgan fingerprint density at radius 3 is 2.59 bits per heavy atom. The lowest BCUT2D eigenvalue weighted by Gasteiger charge is -2.36. The minimum atomic E-state index is -1.10. The summed E-state index contributed by atoms with van der Waals surface area (Å²) in [7, 11) is 0. The molecule has 0 aromatic carbocycles. The predicted molar refractivity (Wildman–Crippen MR) is 87.5 cm³/mol. The SMILES string of the molecule is C=CCCCCCCCCC1=NC=C[N+]1(CC(=O)[O-])C(C)N. The Hall–Kier alpha value is -1.46. The van der Waals surface area contributed by atoms with Gasteiger partial charge in [0.15, 0.2) is 0 Å². The number of nitrogens with zero attached hydrogens (tertiary/aromatic N) is 2. The normalized spacial score (nSPS) is 21.6. The van der Waals surface area contributed by atoms with Gasteiger partial charge in [0.05, 0.1) is 12.2 Å². The van der Waals surface area contributed by atoms with Crippen LogP contribution in [0.3, 0.4) is 0 Å². The lowest BCUT2D eigenvalue weighted by atomic mass is 10.1. The van der Waals surface area contributed by atoms with Crippen LogP contribution in [0.1, 0.15) is 58.3 Å². The van der Waals surface area contributed by atoms with Crippen molar-refractivity contribution in [3.05, 3.63) is 25.1 Å². The number of amidine groups is 1. The van der Waals surface area contributed by atoms with E-state index in [4.69, 9.17) is 5.73 Å². The van der Waals surface area contributed by atoms with Gasteiger partial charge >= 0.3 is 0 Å². The van der Waals surface area contributed by atoms with Crippen LogP contribution in [0.5, 0.6) is 0 Å². The zero-order valence-electron chi connectivity index (χ0n) is 13.7. The molecule has 0 aliphatic carbocycles. The van der Waals surface area contributed by atoms with Crippen LogP contribution < -0.4 is 10.8 Å². The molecule has 0 radical (unpaired) electrons. The van der Waals surface area contributed by atoms with Crippen LogP contribution in [-0.4, -0.2) is 29.0 Å². The first-order valence-electron chi connectivity index (χ1n) is 8.21. The number of aliphatic carboxylic acids is 1. The molecule has 5 nitrogen and oxygen atoms in total. The molecule has 0 saturated heterocycles. The van der Waals surface area contributed by atoms with Gasteiger partial charge in [0.2, 0.25) is 5.84 Å². The van der Waals surface area contributed by atoms with Crippen LogP contribution in [0.25, 0.3) is 0 Å². The molecule has 0 fully saturated rings. The average molecular weight is 307 g/mol. The number of aliphatic imine (C=N–C) groups is 1. The third-order valence-corrected chi connectivity index (χ3v) is 4.21. The summed E-state index contributed by atoms with van der Waals surface area (Å²) in [5, 5.41) is 11.0. The van der Waals surface area contributed by atoms with E-state index in [1.165, 1.54) is 25.7 Å². The number of unbranched alkanes of at least 4 members (excludes halogenated alkanes) is 6. The second-order valence-electron chi connectivity index (χ2n) is 5.99. The molecule has 0 saturated carbocycles. The number of hydrogen-bond donors (Lipinski definition) is 1. The molecule has 22 heavy (non-hydrogen) atoms. The second-order valence-corrected chi connectivity index (χ2v) is 5.99. The fourth-order valence-corrected chi connectivity index (χ4v) is 2.86. The number of carbonyl (C=O) groups excluding carboxylic acids is 1. The summed E-state index contributed by atoms with van der Waals surface area (Å²) < 4.78 is 0.0989. The van der Waals surface area contributed by atoms with Gasteiger partial charge in [-0.15, -0.1) is 6.58 Å². The van der Waals surface area contributed by atoms with Gasteiger partial charge in [0.1, 0.15) is 18.9 Å². The molecule has 124 valence electrons. The van der Waals surface area contributed by atoms with Crippen molar-refractivity contribution in [2.75, 3.05) is 6.54 Å². The zero-order chi connectivity index (χ0) is 16.4. The van der Waals surface area contributed by atoms with Crippen molar-refractivity contribution in [1.29, 1.82) is 0 Å². The Bertz CT molecular complexity index is 430. The van der Waals surface area contributed by atoms with Gasteiger partial charge in [-0.1, -0.05) is 31.8 Å². The van der Waals surface area contributed by atoms with Gasteiger partial charge in [-0.05, 0) is 19.3 Å². The second kappa shape index (κ2) is 9.54. The number of carbonyl (C=O) groups is 1. The summed E-state index contributed by atoms with van der Waals surface area (Å²) in [6.45, 7) is 5.39. The number of nitrogens with two attached hydrogens (primary N) is 1. The number of quaternary nitrogens is 1. The molecule has 0 bridgehead atoms. The summed E-state index contributed by atoms with van der Waals surface area (Å²) in [6.07, 6.45) is 14.0. The fourth-order valence-electron chi connectivity index (χ4n) is 2.86. The molecular formula is C17H29N3O2. The third-order valence-electron chi connectivity index (χ3n) is 4.21. The van der Waals surface area contributed by atoms with Gasteiger partial charge in [0.25, 0.3) is 0 Å². The molecule has 0 aromatic heterocycles. The summed E-state index contributed by atoms with van der Waals surface area (Å²) in [6, 6.07) is 0. The molecule has 0 spiro atoms. The standard InChI is InChI=1S/C17H29N3O2/c1-3-4-5-6-7-8-9-10-11-16-19-12-13-20(16,15(2)18)14-17(21)22/h3,12-13,15H,1,4-11,14,18H2,2H3. The molecule has 0 aromatic rings. The lowest BCUT2D eigenvalue weighted by Crippen LogP contribution is -2.60. The molecule has 1 aliphatic heterocycles. The van der Waals surface area contributed by atoms with Crippen molar-refractivity contribution in [2.45, 2.75) is 64.5 Å². The zero-order valence-corrected chi connectivity index (χ0v) is 13.7. The molecular weight excluding hydrogens is 278 g/mol. The summed E-state index contributed by atoms with van der Waals surface area (Å²) >= 11 is 0. The maximum atomic E-state index is 11.0. The van der Waals surface area contributed by atoms with E-state index in [-0.39, 0.29) is 17.2 Å². The molecule has 2 N–H and O–H groups in total. The maximum Gasteiger partial charge on any atom is 0.209 e. The topological polar surface area (TPSA) is 78.5 Å². The number of carboxylic acid groups (broad SMARTS) is 1. The van der Waals surface area contributed by atoms with Crippen molar-refractivity contribution in [1.82, 2.24) is 0 Å². The predicted octanol–water partition coefficient (Wildman–Crippen LogP) is 2.05. The van der Waals surface area contributed by atoms with Crippen molar-refractivity contribution >= 4 is 11.8 Å². The van der Waals surface area contributed by atoms with E-state index in [0.717, 1.165) is 31.5 Å². The summed E-state index contributed by atoms with van der Waals surface area (Å²) in [4.78, 5) is 15.4. The smallest absolute Gasteiger partial charge is 0.209 e. The van der Waals surface area contributed by atoms with E-state index in [1.807, 2.05) is 13.0 Å². The van der Waals surface area contributed by atoms with Crippen LogP contribution in [-0.2, 0) is 4.79 Å². The van der Waals surface area contributed by atoms with E-state index in [1.54, 1.807) is 12.4 Å². The Labute approximate surface area is 133 Å². The molecule has 1 heterocycles. The van der Waals surface area contributed by atoms with Crippen LogP contribution in [0.15, 0.2) is 30.0 Å². The van der Waals surface area contributed by atoms with Crippen molar-refractivity contribution in [2.24, 2.45) is 10.7 Å². The van der Waals surface area contributed by atoms with E-state index < -0.39 is 5.97 Å². The van der Waals surface area contributed by atoms with E-state index >= 15 is 0 Å². The van der Waals surface area contributed by atoms with E-state index in [2.05, 4.69) is 11.6 Å². The van der Waals surface area contributed by atoms with Gasteiger partial charge in [-0.2, -0.15) is 0 Å². The number of rotatable bonds is 12. The monoisotopic (exact) mass is 307 g/mol. The highest BCUT2D eigenvalue weighted by molar-refractivity contribution is 5.81. The quantitative estimate of drug-likeness (QED) is 0.340. The van der Waals surface area contributed by atoms with Crippen LogP contribution in [0.4, 0.5) is 0 Å². The minimum absolute atomic E-state index is 0.0989. The van der Waals surface area contributed by atoms with E-state index in [0.29, 0.717) is 0 Å². The molecule has 2 atom stereocenters. The van der Waals surface area contributed by atoms with Gasteiger partial charge in [-0.3, -0.25) is 5.73 Å². The maximum absolute atomic E-state index is 11.0. The Morgan fingerprint density at radius 2 is 2.00 bits per heavy atom. The number of hydrogen-bond acceptors (Lipinski definition) is 4. The molecule has 5 heteroatoms. The molecule has 2 unspecified atom stereocenters. The third kappa shape index (κ3) is 5.39. The first-order valence-corrected chi connectivity index (χ1v) is 8.21. The number of carboxylic acids is 1. The molecule has 0 amide bonds. The van der Waals surface area contributed by atoms with Gasteiger partial charge < -0.3 is 9.90 Å². The highest BCUT2D eigenvalue weighted by Crippen LogP contribution is 2.23.